The summed E-state index contributed by atoms with van der Waals surface area (Å²) in [6.45, 7) is 2.71. The van der Waals surface area contributed by atoms with Gasteiger partial charge in [-0.1, -0.05) is 6.92 Å². The summed E-state index contributed by atoms with van der Waals surface area (Å²) < 4.78 is 24.9. The molecule has 0 spiro atoms. The quantitative estimate of drug-likeness (QED) is 0.717. The summed E-state index contributed by atoms with van der Waals surface area (Å²) in [6.07, 6.45) is -0.613. The highest BCUT2D eigenvalue weighted by Gasteiger charge is 2.42. The molecular weight excluding hydrogens is 369 g/mol. The molecular formula is C19H24FN3O5. The fourth-order valence-corrected chi connectivity index (χ4v) is 3.74. The lowest BCUT2D eigenvalue weighted by Crippen LogP contribution is -2.60. The molecule has 0 aliphatic carbocycles. The van der Waals surface area contributed by atoms with E-state index in [9.17, 15) is 18.8 Å². The van der Waals surface area contributed by atoms with Crippen LogP contribution in [0.2, 0.25) is 0 Å². The molecule has 9 heteroatoms. The molecule has 2 heterocycles. The van der Waals surface area contributed by atoms with Crippen molar-refractivity contribution in [1.29, 1.82) is 0 Å². The highest BCUT2D eigenvalue weighted by atomic mass is 19.1. The first-order valence-corrected chi connectivity index (χ1v) is 9.16. The van der Waals surface area contributed by atoms with Crippen molar-refractivity contribution in [3.63, 3.8) is 0 Å². The second-order valence-electron chi connectivity index (χ2n) is 7.23. The average Bonchev–Trinajstić information content (AvgIpc) is 2.99. The first-order chi connectivity index (χ1) is 13.3. The number of halogens is 1. The Hall–Kier alpha value is -2.68. The van der Waals surface area contributed by atoms with Crippen LogP contribution in [0.3, 0.4) is 0 Å². The van der Waals surface area contributed by atoms with Gasteiger partial charge < -0.3 is 20.1 Å². The van der Waals surface area contributed by atoms with E-state index in [4.69, 9.17) is 15.2 Å². The first-order valence-electron chi connectivity index (χ1n) is 9.16. The maximum Gasteiger partial charge on any atom is 0.414 e. The highest BCUT2D eigenvalue weighted by Crippen LogP contribution is 2.35. The zero-order valence-corrected chi connectivity index (χ0v) is 15.9. The van der Waals surface area contributed by atoms with E-state index < -0.39 is 30.0 Å². The van der Waals surface area contributed by atoms with Gasteiger partial charge in [-0.15, -0.1) is 0 Å². The molecule has 0 radical (unpaired) electrons. The number of Topliss-reactive ketones (excluding diaryl/α,β-unsaturated/α-hetero) is 1. The molecule has 2 N–H and O–H groups in total. The minimum absolute atomic E-state index is 0.0164. The van der Waals surface area contributed by atoms with Gasteiger partial charge in [-0.2, -0.15) is 0 Å². The van der Waals surface area contributed by atoms with Gasteiger partial charge >= 0.3 is 6.09 Å². The molecule has 0 aromatic heterocycles. The summed E-state index contributed by atoms with van der Waals surface area (Å²) in [5.41, 5.74) is 5.79. The van der Waals surface area contributed by atoms with E-state index in [-0.39, 0.29) is 31.3 Å². The van der Waals surface area contributed by atoms with E-state index in [1.807, 2.05) is 6.92 Å². The van der Waals surface area contributed by atoms with E-state index in [0.717, 1.165) is 0 Å². The number of nitrogens with two attached hydrogens (primary N) is 1. The van der Waals surface area contributed by atoms with Crippen LogP contribution in [0.4, 0.5) is 20.6 Å². The topological polar surface area (TPSA) is 102 Å². The van der Waals surface area contributed by atoms with Crippen molar-refractivity contribution in [3.05, 3.63) is 24.0 Å². The molecule has 2 aliphatic rings. The molecule has 1 aromatic rings. The third-order valence-electron chi connectivity index (χ3n) is 5.12. The zero-order chi connectivity index (χ0) is 20.4. The molecule has 2 amide bonds. The van der Waals surface area contributed by atoms with Gasteiger partial charge in [0.15, 0.2) is 5.78 Å². The number of carbonyl (C=O) groups excluding carboxylic acids is 3. The number of anilines is 2. The van der Waals surface area contributed by atoms with Crippen molar-refractivity contribution in [2.24, 2.45) is 11.7 Å². The third kappa shape index (κ3) is 3.94. The Labute approximate surface area is 162 Å². The molecule has 2 fully saturated rings. The number of nitrogens with zero attached hydrogens (tertiary/aromatic N) is 2. The largest absolute Gasteiger partial charge is 0.444 e. The van der Waals surface area contributed by atoms with Gasteiger partial charge in [0.1, 0.15) is 18.5 Å². The van der Waals surface area contributed by atoms with Gasteiger partial charge in [0.2, 0.25) is 5.91 Å². The van der Waals surface area contributed by atoms with Crippen LogP contribution in [-0.4, -0.2) is 56.7 Å². The van der Waals surface area contributed by atoms with Crippen molar-refractivity contribution in [2.45, 2.75) is 31.9 Å². The predicted molar refractivity (Wildman–Crippen MR) is 99.6 cm³/mol. The van der Waals surface area contributed by atoms with E-state index in [1.165, 1.54) is 18.1 Å². The van der Waals surface area contributed by atoms with Gasteiger partial charge in [-0.3, -0.25) is 14.5 Å². The number of ketones is 1. The Morgan fingerprint density at radius 3 is 2.71 bits per heavy atom. The van der Waals surface area contributed by atoms with Crippen molar-refractivity contribution in [1.82, 2.24) is 0 Å². The zero-order valence-electron chi connectivity index (χ0n) is 15.9. The maximum atomic E-state index is 14.8. The number of carbonyl (C=O) groups is 3. The predicted octanol–water partition coefficient (Wildman–Crippen LogP) is 1.46. The molecule has 3 atom stereocenters. The smallest absolute Gasteiger partial charge is 0.414 e. The van der Waals surface area contributed by atoms with E-state index in [1.54, 1.807) is 17.0 Å². The molecule has 3 unspecified atom stereocenters. The lowest BCUT2D eigenvalue weighted by Gasteiger charge is -2.47. The monoisotopic (exact) mass is 393 g/mol. The fraction of sp³-hybridized carbons (Fsp3) is 0.526. The Morgan fingerprint density at radius 2 is 2.11 bits per heavy atom. The normalized spacial score (nSPS) is 24.1. The van der Waals surface area contributed by atoms with E-state index in [0.29, 0.717) is 24.3 Å². The summed E-state index contributed by atoms with van der Waals surface area (Å²) in [5, 5.41) is 0. The van der Waals surface area contributed by atoms with Crippen molar-refractivity contribution in [2.75, 3.05) is 36.6 Å². The summed E-state index contributed by atoms with van der Waals surface area (Å²) in [7, 11) is 1.45. The molecule has 28 heavy (non-hydrogen) atoms. The van der Waals surface area contributed by atoms with Gasteiger partial charge in [0.25, 0.3) is 0 Å². The molecule has 0 saturated carbocycles. The molecule has 8 nitrogen and oxygen atoms in total. The maximum absolute atomic E-state index is 14.8. The lowest BCUT2D eigenvalue weighted by atomic mass is 9.86. The van der Waals surface area contributed by atoms with Crippen LogP contribution in [0.1, 0.15) is 19.8 Å². The summed E-state index contributed by atoms with van der Waals surface area (Å²) in [4.78, 5) is 38.2. The molecule has 2 aliphatic heterocycles. The molecule has 3 rings (SSSR count). The summed E-state index contributed by atoms with van der Waals surface area (Å²) >= 11 is 0. The van der Waals surface area contributed by atoms with Crippen LogP contribution in [0, 0.1) is 11.7 Å². The lowest BCUT2D eigenvalue weighted by molar-refractivity contribution is -0.126. The minimum atomic E-state index is -0.590. The number of cyclic esters (lactones) is 1. The van der Waals surface area contributed by atoms with Crippen LogP contribution in [0.25, 0.3) is 0 Å². The van der Waals surface area contributed by atoms with Gasteiger partial charge in [-0.05, 0) is 24.6 Å². The molecule has 152 valence electrons. The Morgan fingerprint density at radius 1 is 1.36 bits per heavy atom. The Bertz CT molecular complexity index is 787. The number of rotatable bonds is 8. The number of benzene rings is 1. The molecule has 2 saturated heterocycles. The van der Waals surface area contributed by atoms with E-state index >= 15 is 0 Å². The second kappa shape index (κ2) is 8.14. The first kappa shape index (κ1) is 20.1. The minimum Gasteiger partial charge on any atom is -0.444 e. The highest BCUT2D eigenvalue weighted by molar-refractivity contribution is 5.92. The third-order valence-corrected chi connectivity index (χ3v) is 5.12. The van der Waals surface area contributed by atoms with Crippen LogP contribution >= 0.6 is 0 Å². The number of primary amides is 1. The number of ether oxygens (including phenoxy) is 2. The number of amides is 2. The SMILES string of the molecule is COCC(=O)C1C(C)CN1c1ccc(N2CC(CCC(N)=O)OC2=O)cc1F. The Balaban J connectivity index is 1.72. The Kier molecular flexibility index (Phi) is 5.83. The van der Waals surface area contributed by atoms with Crippen LogP contribution < -0.4 is 15.5 Å². The van der Waals surface area contributed by atoms with Crippen molar-refractivity contribution in [3.8, 4) is 0 Å². The number of hydrogen-bond acceptors (Lipinski definition) is 6. The van der Waals surface area contributed by atoms with Gasteiger partial charge in [-0.25, -0.2) is 9.18 Å². The second-order valence-corrected chi connectivity index (χ2v) is 7.23. The van der Waals surface area contributed by atoms with Crippen molar-refractivity contribution < 1.29 is 28.2 Å². The standard InChI is InChI=1S/C19H24FN3O5/c1-11-8-23(18(11)16(24)10-27-2)15-5-3-12(7-14(15)20)22-9-13(28-19(22)26)4-6-17(21)25/h3,5,7,11,13,18H,4,6,8-10H2,1-2H3,(H2,21,25). The molecule has 0 bridgehead atoms. The summed E-state index contributed by atoms with van der Waals surface area (Å²) in [5.74, 6) is -0.967. The van der Waals surface area contributed by atoms with Crippen molar-refractivity contribution >= 4 is 29.2 Å². The summed E-state index contributed by atoms with van der Waals surface area (Å²) in [6, 6.07) is 4.02. The van der Waals surface area contributed by atoms with Crippen LogP contribution in [0.5, 0.6) is 0 Å². The van der Waals surface area contributed by atoms with E-state index in [2.05, 4.69) is 0 Å². The average molecular weight is 393 g/mol. The van der Waals surface area contributed by atoms with Gasteiger partial charge in [0.05, 0.1) is 24.0 Å². The van der Waals surface area contributed by atoms with Crippen LogP contribution in [-0.2, 0) is 19.1 Å². The number of hydrogen-bond donors (Lipinski definition) is 1. The van der Waals surface area contributed by atoms with Gasteiger partial charge in [0, 0.05) is 26.0 Å². The fourth-order valence-electron chi connectivity index (χ4n) is 3.74. The number of methoxy groups -OCH3 is 1. The van der Waals surface area contributed by atoms with Crippen LogP contribution in [0.15, 0.2) is 18.2 Å². The molecule has 1 aromatic carbocycles.